The largest absolute Gasteiger partial charge is 0.490 e. The van der Waals surface area contributed by atoms with E-state index in [-0.39, 0.29) is 17.2 Å². The number of anilines is 2. The lowest BCUT2D eigenvalue weighted by Gasteiger charge is -2.36. The molecule has 2 fully saturated rings. The molecule has 2 amide bonds. The van der Waals surface area contributed by atoms with Gasteiger partial charge in [-0.1, -0.05) is 11.6 Å². The summed E-state index contributed by atoms with van der Waals surface area (Å²) < 4.78 is 30.2. The van der Waals surface area contributed by atoms with Crippen molar-refractivity contribution in [3.05, 3.63) is 47.5 Å². The number of halogens is 2. The van der Waals surface area contributed by atoms with Gasteiger partial charge in [0.05, 0.1) is 30.2 Å². The first-order valence-corrected chi connectivity index (χ1v) is 12.9. The molecule has 0 bridgehead atoms. The second kappa shape index (κ2) is 11.4. The normalized spacial score (nSPS) is 16.6. The highest BCUT2D eigenvalue weighted by atomic mass is 35.5. The lowest BCUT2D eigenvalue weighted by molar-refractivity contribution is -0.0830. The van der Waals surface area contributed by atoms with Crippen LogP contribution in [0.25, 0.3) is 10.9 Å². The van der Waals surface area contributed by atoms with Crippen molar-refractivity contribution in [3.63, 3.8) is 0 Å². The van der Waals surface area contributed by atoms with Gasteiger partial charge < -0.3 is 29.3 Å². The highest BCUT2D eigenvalue weighted by Gasteiger charge is 2.29. The van der Waals surface area contributed by atoms with Gasteiger partial charge in [-0.15, -0.1) is 0 Å². The Morgan fingerprint density at radius 3 is 2.59 bits per heavy atom. The van der Waals surface area contributed by atoms with Crippen LogP contribution in [0.2, 0.25) is 5.02 Å². The number of nitrogens with zero attached hydrogens (tertiary/aromatic N) is 4. The van der Waals surface area contributed by atoms with E-state index in [4.69, 9.17) is 21.1 Å². The van der Waals surface area contributed by atoms with Crippen molar-refractivity contribution in [2.45, 2.75) is 25.9 Å². The third kappa shape index (κ3) is 5.80. The highest BCUT2D eigenvalue weighted by molar-refractivity contribution is 6.31. The van der Waals surface area contributed by atoms with Gasteiger partial charge in [0.25, 0.3) is 0 Å². The molecule has 1 aromatic heterocycles. The standard InChI is InChI=1S/C26H29ClFN5O4/c1-2-36-23-15-22-19(25(30-16-29-22)31-17-3-4-21(28)20(27)13-17)14-24(23)37-18-5-7-32(8-6-18)26(34)33-9-11-35-12-10-33/h3-4,13-16,18H,2,5-12H2,1H3,(H,29,30,31)/p+1. The van der Waals surface area contributed by atoms with Gasteiger partial charge in [-0.3, -0.25) is 0 Å². The van der Waals surface area contributed by atoms with Crippen LogP contribution >= 0.6 is 11.6 Å². The number of carbonyl (C=O) groups is 1. The second-order valence-corrected chi connectivity index (χ2v) is 9.38. The molecule has 37 heavy (non-hydrogen) atoms. The zero-order valence-corrected chi connectivity index (χ0v) is 21.4. The molecule has 11 heteroatoms. The van der Waals surface area contributed by atoms with E-state index in [9.17, 15) is 9.18 Å². The van der Waals surface area contributed by atoms with E-state index in [2.05, 4.69) is 20.0 Å². The summed E-state index contributed by atoms with van der Waals surface area (Å²) in [6.45, 7) is 6.45. The first kappa shape index (κ1) is 25.3. The number of fused-ring (bicyclic) bond motifs is 1. The van der Waals surface area contributed by atoms with Crippen LogP contribution in [-0.4, -0.2) is 82.6 Å². The summed E-state index contributed by atoms with van der Waals surface area (Å²) >= 11 is 5.95. The molecule has 196 valence electrons. The Kier molecular flexibility index (Phi) is 7.76. The fourth-order valence-electron chi connectivity index (χ4n) is 4.58. The highest BCUT2D eigenvalue weighted by Crippen LogP contribution is 2.37. The number of urea groups is 1. The van der Waals surface area contributed by atoms with Crippen molar-refractivity contribution < 1.29 is 23.4 Å². The number of likely N-dealkylation sites (tertiary alicyclic amines) is 1. The maximum Gasteiger partial charge on any atom is 0.320 e. The van der Waals surface area contributed by atoms with Crippen LogP contribution in [0, 0.1) is 5.82 Å². The molecule has 2 aromatic carbocycles. The molecular formula is C26H30ClFN5O4+. The Morgan fingerprint density at radius 1 is 1.11 bits per heavy atom. The maximum atomic E-state index is 13.6. The van der Waals surface area contributed by atoms with E-state index < -0.39 is 5.82 Å². The summed E-state index contributed by atoms with van der Waals surface area (Å²) in [7, 11) is 0. The van der Waals surface area contributed by atoms with Crippen LogP contribution in [0.4, 0.5) is 20.7 Å². The predicted molar refractivity (Wildman–Crippen MR) is 140 cm³/mol. The zero-order valence-electron chi connectivity index (χ0n) is 20.6. The summed E-state index contributed by atoms with van der Waals surface area (Å²) in [4.78, 5) is 25.4. The summed E-state index contributed by atoms with van der Waals surface area (Å²) in [5.41, 5.74) is 1.28. The molecule has 3 aromatic rings. The number of hydrogen-bond acceptors (Lipinski definition) is 6. The number of aliphatic hydroxyl groups is 2. The van der Waals surface area contributed by atoms with Crippen LogP contribution in [0.1, 0.15) is 19.8 Å². The third-order valence-electron chi connectivity index (χ3n) is 6.52. The molecular weight excluding hydrogens is 501 g/mol. The molecule has 0 unspecified atom stereocenters. The fourth-order valence-corrected chi connectivity index (χ4v) is 4.76. The van der Waals surface area contributed by atoms with Crippen molar-refractivity contribution in [2.24, 2.45) is 0 Å². The van der Waals surface area contributed by atoms with Crippen molar-refractivity contribution in [1.82, 2.24) is 19.8 Å². The van der Waals surface area contributed by atoms with Gasteiger partial charge in [-0.2, -0.15) is 0 Å². The molecule has 2 aliphatic rings. The molecule has 3 heterocycles. The second-order valence-electron chi connectivity index (χ2n) is 8.97. The van der Waals surface area contributed by atoms with Crippen LogP contribution in [0.15, 0.2) is 36.7 Å². The van der Waals surface area contributed by atoms with E-state index in [0.29, 0.717) is 74.5 Å². The molecule has 0 spiro atoms. The van der Waals surface area contributed by atoms with Gasteiger partial charge in [0, 0.05) is 43.1 Å². The van der Waals surface area contributed by atoms with Crippen LogP contribution in [0.5, 0.6) is 11.5 Å². The molecule has 0 atom stereocenters. The third-order valence-corrected chi connectivity index (χ3v) is 6.81. The number of hydrogen-bond donors (Lipinski definition) is 1. The van der Waals surface area contributed by atoms with E-state index in [1.54, 1.807) is 6.07 Å². The number of benzene rings is 2. The quantitative estimate of drug-likeness (QED) is 0.476. The number of carbonyl (C=O) groups excluding carboxylic acids is 1. The van der Waals surface area contributed by atoms with Gasteiger partial charge >= 0.3 is 6.03 Å². The maximum absolute atomic E-state index is 13.6. The monoisotopic (exact) mass is 530 g/mol. The Morgan fingerprint density at radius 2 is 1.86 bits per heavy atom. The number of amides is 2. The molecule has 2 N–H and O–H groups in total. The minimum absolute atomic E-state index is 0.0196. The van der Waals surface area contributed by atoms with Crippen LogP contribution in [-0.2, 0) is 0 Å². The smallest absolute Gasteiger partial charge is 0.320 e. The van der Waals surface area contributed by atoms with Crippen molar-refractivity contribution in [3.8, 4) is 11.5 Å². The minimum atomic E-state index is -0.490. The van der Waals surface area contributed by atoms with E-state index in [1.165, 1.54) is 18.5 Å². The van der Waals surface area contributed by atoms with E-state index in [0.717, 1.165) is 18.2 Å². The molecule has 0 saturated carbocycles. The lowest BCUT2D eigenvalue weighted by atomic mass is 10.1. The van der Waals surface area contributed by atoms with Gasteiger partial charge in [0.2, 0.25) is 0 Å². The SMILES string of the molecule is CCOc1cc2ncnc(Nc3ccc(F)c(Cl)c3)c2cc1OC1CCN(C(=O)N2CC[OH+]CC2)CC1. The Labute approximate surface area is 219 Å². The number of piperidine rings is 1. The van der Waals surface area contributed by atoms with E-state index in [1.807, 2.05) is 28.9 Å². The topological polar surface area (TPSA) is 92.6 Å². The molecule has 0 radical (unpaired) electrons. The van der Waals surface area contributed by atoms with Crippen molar-refractivity contribution in [2.75, 3.05) is 51.3 Å². The molecule has 9 nitrogen and oxygen atoms in total. The predicted octanol–water partition coefficient (Wildman–Crippen LogP) is 4.37. The van der Waals surface area contributed by atoms with Crippen LogP contribution < -0.4 is 14.8 Å². The summed E-state index contributed by atoms with van der Waals surface area (Å²) in [6, 6.07) is 8.18. The van der Waals surface area contributed by atoms with Gasteiger partial charge in [0.1, 0.15) is 24.1 Å². The van der Waals surface area contributed by atoms with Crippen LogP contribution in [0.3, 0.4) is 0 Å². The average Bonchev–Trinajstić information content (AvgIpc) is 2.92. The zero-order chi connectivity index (χ0) is 25.8. The Bertz CT molecular complexity index is 1270. The van der Waals surface area contributed by atoms with Gasteiger partial charge in [-0.05, 0) is 31.2 Å². The molecule has 2 saturated heterocycles. The summed E-state index contributed by atoms with van der Waals surface area (Å²) in [5, 5.41) is 3.94. The van der Waals surface area contributed by atoms with Crippen molar-refractivity contribution >= 4 is 40.0 Å². The average molecular weight is 531 g/mol. The lowest BCUT2D eigenvalue weighted by Crippen LogP contribution is -2.51. The molecule has 0 aliphatic carbocycles. The Hall–Kier alpha value is -3.37. The number of nitrogens with one attached hydrogen (secondary N) is 1. The van der Waals surface area contributed by atoms with Crippen molar-refractivity contribution in [1.29, 1.82) is 0 Å². The first-order chi connectivity index (χ1) is 18.0. The molecule has 2 aliphatic heterocycles. The number of rotatable bonds is 6. The number of ether oxygens (including phenoxy) is 3. The fraction of sp³-hybridized carbons (Fsp3) is 0.423. The Balaban J connectivity index is 1.33. The molecule has 5 rings (SSSR count). The first-order valence-electron chi connectivity index (χ1n) is 12.5. The summed E-state index contributed by atoms with van der Waals surface area (Å²) in [6.07, 6.45) is 2.83. The van der Waals surface area contributed by atoms with E-state index >= 15 is 0 Å². The minimum Gasteiger partial charge on any atom is -0.490 e. The van der Waals surface area contributed by atoms with Gasteiger partial charge in [-0.25, -0.2) is 19.2 Å². The van der Waals surface area contributed by atoms with Gasteiger partial charge in [0.15, 0.2) is 24.7 Å². The number of morpholine rings is 1. The summed E-state index contributed by atoms with van der Waals surface area (Å²) in [5.74, 6) is 1.23. The number of aromatic nitrogens is 2.